The highest BCUT2D eigenvalue weighted by atomic mass is 35.5. The van der Waals surface area contributed by atoms with Crippen LogP contribution in [0, 0.1) is 0 Å². The fourth-order valence-electron chi connectivity index (χ4n) is 2.09. The predicted molar refractivity (Wildman–Crippen MR) is 82.2 cm³/mol. The van der Waals surface area contributed by atoms with Crippen molar-refractivity contribution in [2.24, 2.45) is 0 Å². The normalized spacial score (nSPS) is 14.8. The first-order valence-electron chi connectivity index (χ1n) is 6.68. The van der Waals surface area contributed by atoms with Crippen LogP contribution in [-0.2, 0) is 5.88 Å². The topological polar surface area (TPSA) is 42.0 Å². The number of carbonyl (C=O) groups excluding carboxylic acids is 1. The minimum Gasteiger partial charge on any atom is -0.349 e. The molecule has 104 valence electrons. The maximum atomic E-state index is 12.0. The Morgan fingerprint density at radius 2 is 2.10 bits per heavy atom. The molecule has 0 radical (unpaired) electrons. The summed E-state index contributed by atoms with van der Waals surface area (Å²) in [6.07, 6.45) is 3.42. The van der Waals surface area contributed by atoms with Gasteiger partial charge in [0.1, 0.15) is 5.01 Å². The molecule has 1 aliphatic rings. The van der Waals surface area contributed by atoms with Gasteiger partial charge in [-0.3, -0.25) is 4.79 Å². The van der Waals surface area contributed by atoms with Crippen molar-refractivity contribution in [1.82, 2.24) is 10.3 Å². The minimum absolute atomic E-state index is 0.0156. The van der Waals surface area contributed by atoms with Crippen molar-refractivity contribution in [3.8, 4) is 10.6 Å². The molecule has 1 fully saturated rings. The highest BCUT2D eigenvalue weighted by molar-refractivity contribution is 7.13. The van der Waals surface area contributed by atoms with Crippen LogP contribution in [0.3, 0.4) is 0 Å². The number of nitrogens with zero attached hydrogens (tertiary/aromatic N) is 1. The molecule has 0 aliphatic heterocycles. The molecular formula is C15H15ClN2OS. The minimum atomic E-state index is 0.0156. The highest BCUT2D eigenvalue weighted by Crippen LogP contribution is 2.25. The van der Waals surface area contributed by atoms with Crippen LogP contribution in [0.4, 0.5) is 0 Å². The first-order chi connectivity index (χ1) is 9.76. The summed E-state index contributed by atoms with van der Waals surface area (Å²) in [4.78, 5) is 16.4. The Balaban J connectivity index is 1.71. The summed E-state index contributed by atoms with van der Waals surface area (Å²) in [6.45, 7) is 0. The Hall–Kier alpha value is -1.39. The molecule has 1 heterocycles. The molecule has 3 nitrogen and oxygen atoms in total. The van der Waals surface area contributed by atoms with Crippen LogP contribution >= 0.6 is 22.9 Å². The molecule has 1 aromatic carbocycles. The Kier molecular flexibility index (Phi) is 4.03. The molecule has 0 bridgehead atoms. The van der Waals surface area contributed by atoms with E-state index in [4.69, 9.17) is 11.6 Å². The third-order valence-corrected chi connectivity index (χ3v) is 4.74. The SMILES string of the molecule is O=C(NC1CCC1)c1ccc(-c2nc(CCl)cs2)cc1. The van der Waals surface area contributed by atoms with Crippen molar-refractivity contribution in [1.29, 1.82) is 0 Å². The Labute approximate surface area is 127 Å². The van der Waals surface area contributed by atoms with Gasteiger partial charge >= 0.3 is 0 Å². The van der Waals surface area contributed by atoms with Crippen LogP contribution in [0.2, 0.25) is 0 Å². The van der Waals surface area contributed by atoms with Gasteiger partial charge in [0.25, 0.3) is 5.91 Å². The van der Waals surface area contributed by atoms with Gasteiger partial charge in [-0.15, -0.1) is 22.9 Å². The van der Waals surface area contributed by atoms with E-state index in [1.54, 1.807) is 11.3 Å². The maximum absolute atomic E-state index is 12.0. The number of nitrogens with one attached hydrogen (secondary N) is 1. The van der Waals surface area contributed by atoms with Crippen molar-refractivity contribution in [3.05, 3.63) is 40.9 Å². The molecule has 1 aromatic heterocycles. The van der Waals surface area contributed by atoms with Crippen molar-refractivity contribution >= 4 is 28.8 Å². The maximum Gasteiger partial charge on any atom is 0.251 e. The highest BCUT2D eigenvalue weighted by Gasteiger charge is 2.20. The summed E-state index contributed by atoms with van der Waals surface area (Å²) in [7, 11) is 0. The lowest BCUT2D eigenvalue weighted by Gasteiger charge is -2.26. The van der Waals surface area contributed by atoms with E-state index in [2.05, 4.69) is 10.3 Å². The van der Waals surface area contributed by atoms with Gasteiger partial charge in [-0.05, 0) is 31.4 Å². The van der Waals surface area contributed by atoms with E-state index < -0.39 is 0 Å². The molecule has 0 unspecified atom stereocenters. The lowest BCUT2D eigenvalue weighted by Crippen LogP contribution is -2.39. The van der Waals surface area contributed by atoms with E-state index in [-0.39, 0.29) is 5.91 Å². The molecular weight excluding hydrogens is 292 g/mol. The standard InChI is InChI=1S/C15H15ClN2OS/c16-8-13-9-20-15(18-13)11-6-4-10(5-7-11)14(19)17-12-2-1-3-12/h4-7,9,12H,1-3,8H2,(H,17,19). The molecule has 0 saturated heterocycles. The quantitative estimate of drug-likeness (QED) is 0.872. The first kappa shape index (κ1) is 13.6. The second-order valence-electron chi connectivity index (χ2n) is 4.96. The monoisotopic (exact) mass is 306 g/mol. The van der Waals surface area contributed by atoms with Gasteiger partial charge in [-0.2, -0.15) is 0 Å². The Morgan fingerprint density at radius 3 is 2.65 bits per heavy atom. The summed E-state index contributed by atoms with van der Waals surface area (Å²) in [6, 6.07) is 7.95. The zero-order valence-corrected chi connectivity index (χ0v) is 12.5. The first-order valence-corrected chi connectivity index (χ1v) is 8.09. The molecule has 1 aliphatic carbocycles. The number of halogens is 1. The third-order valence-electron chi connectivity index (χ3n) is 3.52. The second-order valence-corrected chi connectivity index (χ2v) is 6.08. The van der Waals surface area contributed by atoms with E-state index in [9.17, 15) is 4.79 Å². The van der Waals surface area contributed by atoms with E-state index in [1.807, 2.05) is 29.6 Å². The Morgan fingerprint density at radius 1 is 1.35 bits per heavy atom. The van der Waals surface area contributed by atoms with E-state index in [0.29, 0.717) is 17.5 Å². The van der Waals surface area contributed by atoms with Crippen molar-refractivity contribution in [2.75, 3.05) is 0 Å². The molecule has 2 aromatic rings. The van der Waals surface area contributed by atoms with Gasteiger partial charge in [0.2, 0.25) is 0 Å². The van der Waals surface area contributed by atoms with Crippen LogP contribution in [0.1, 0.15) is 35.3 Å². The van der Waals surface area contributed by atoms with Crippen LogP contribution in [0.5, 0.6) is 0 Å². The molecule has 1 amide bonds. The van der Waals surface area contributed by atoms with Gasteiger partial charge in [0.05, 0.1) is 11.6 Å². The number of benzene rings is 1. The molecule has 0 spiro atoms. The predicted octanol–water partition coefficient (Wildman–Crippen LogP) is 3.83. The number of hydrogen-bond donors (Lipinski definition) is 1. The van der Waals surface area contributed by atoms with Crippen LogP contribution in [0.25, 0.3) is 10.6 Å². The number of rotatable bonds is 4. The number of carbonyl (C=O) groups is 1. The summed E-state index contributed by atoms with van der Waals surface area (Å²) in [5.74, 6) is 0.445. The molecule has 20 heavy (non-hydrogen) atoms. The van der Waals surface area contributed by atoms with Gasteiger partial charge in [0, 0.05) is 22.5 Å². The van der Waals surface area contributed by atoms with Gasteiger partial charge in [-0.25, -0.2) is 4.98 Å². The van der Waals surface area contributed by atoms with Gasteiger partial charge in [-0.1, -0.05) is 12.1 Å². The summed E-state index contributed by atoms with van der Waals surface area (Å²) < 4.78 is 0. The molecule has 1 saturated carbocycles. The van der Waals surface area contributed by atoms with Gasteiger partial charge in [0.15, 0.2) is 0 Å². The molecule has 5 heteroatoms. The lowest BCUT2D eigenvalue weighted by atomic mass is 9.93. The summed E-state index contributed by atoms with van der Waals surface area (Å²) >= 11 is 7.32. The largest absolute Gasteiger partial charge is 0.349 e. The van der Waals surface area contributed by atoms with E-state index in [1.165, 1.54) is 6.42 Å². The number of thiazole rings is 1. The third kappa shape index (κ3) is 2.86. The van der Waals surface area contributed by atoms with E-state index in [0.717, 1.165) is 29.1 Å². The van der Waals surface area contributed by atoms with Crippen LogP contribution in [0.15, 0.2) is 29.6 Å². The molecule has 3 rings (SSSR count). The van der Waals surface area contributed by atoms with Crippen molar-refractivity contribution in [3.63, 3.8) is 0 Å². The number of hydrogen-bond acceptors (Lipinski definition) is 3. The fraction of sp³-hybridized carbons (Fsp3) is 0.333. The van der Waals surface area contributed by atoms with Crippen molar-refractivity contribution < 1.29 is 4.79 Å². The average molecular weight is 307 g/mol. The van der Waals surface area contributed by atoms with Gasteiger partial charge < -0.3 is 5.32 Å². The summed E-state index contributed by atoms with van der Waals surface area (Å²) in [5, 5.41) is 5.93. The van der Waals surface area contributed by atoms with Crippen LogP contribution in [-0.4, -0.2) is 16.9 Å². The molecule has 1 N–H and O–H groups in total. The zero-order chi connectivity index (χ0) is 13.9. The van der Waals surface area contributed by atoms with Crippen LogP contribution < -0.4 is 5.32 Å². The Bertz CT molecular complexity index is 605. The smallest absolute Gasteiger partial charge is 0.251 e. The molecule has 0 atom stereocenters. The number of alkyl halides is 1. The zero-order valence-electron chi connectivity index (χ0n) is 10.9. The second kappa shape index (κ2) is 5.94. The lowest BCUT2D eigenvalue weighted by molar-refractivity contribution is 0.0917. The number of aromatic nitrogens is 1. The fourth-order valence-corrected chi connectivity index (χ4v) is 3.14. The average Bonchev–Trinajstić information content (AvgIpc) is 2.92. The van der Waals surface area contributed by atoms with E-state index >= 15 is 0 Å². The number of amides is 1. The van der Waals surface area contributed by atoms with Crippen molar-refractivity contribution in [2.45, 2.75) is 31.2 Å². The summed E-state index contributed by atoms with van der Waals surface area (Å²) in [5.41, 5.74) is 2.61.